The molecule has 10 heteroatoms. The van der Waals surface area contributed by atoms with Crippen molar-refractivity contribution in [3.63, 3.8) is 0 Å². The molecule has 1 fully saturated rings. The van der Waals surface area contributed by atoms with E-state index < -0.39 is 17.9 Å². The number of carboxylic acid groups (broad SMARTS) is 3. The monoisotopic (exact) mass is 430 g/mol. The van der Waals surface area contributed by atoms with Crippen molar-refractivity contribution in [1.29, 1.82) is 0 Å². The van der Waals surface area contributed by atoms with Gasteiger partial charge in [-0.2, -0.15) is 0 Å². The lowest BCUT2D eigenvalue weighted by atomic mass is 9.92. The van der Waals surface area contributed by atoms with Crippen molar-refractivity contribution in [3.8, 4) is 0 Å². The molecule has 0 radical (unpaired) electrons. The van der Waals surface area contributed by atoms with Gasteiger partial charge in [-0.25, -0.2) is 0 Å². The average molecular weight is 431 g/mol. The van der Waals surface area contributed by atoms with Crippen molar-refractivity contribution in [2.75, 3.05) is 78.5 Å². The van der Waals surface area contributed by atoms with Crippen LogP contribution in [0.3, 0.4) is 0 Å². The number of nitrogens with zero attached hydrogens (tertiary/aromatic N) is 4. The summed E-state index contributed by atoms with van der Waals surface area (Å²) in [5.41, 5.74) is 0.169. The third-order valence-corrected chi connectivity index (χ3v) is 5.18. The summed E-state index contributed by atoms with van der Waals surface area (Å²) in [7, 11) is 0. The van der Waals surface area contributed by atoms with E-state index in [0.717, 1.165) is 13.0 Å². The Balaban J connectivity index is 2.91. The highest BCUT2D eigenvalue weighted by Gasteiger charge is 2.21. The number of hydrogen-bond donors (Lipinski definition) is 3. The van der Waals surface area contributed by atoms with E-state index in [2.05, 4.69) is 25.7 Å². The molecule has 1 rings (SSSR count). The van der Waals surface area contributed by atoms with E-state index in [-0.39, 0.29) is 25.0 Å². The maximum absolute atomic E-state index is 11.3. The molecule has 0 aromatic heterocycles. The Labute approximate surface area is 179 Å². The third kappa shape index (κ3) is 12.7. The molecule has 0 aliphatic carbocycles. The maximum Gasteiger partial charge on any atom is 0.317 e. The Hall–Kier alpha value is -1.75. The van der Waals surface area contributed by atoms with E-state index in [9.17, 15) is 29.7 Å². The van der Waals surface area contributed by atoms with Crippen LogP contribution in [-0.4, -0.2) is 131 Å². The lowest BCUT2D eigenvalue weighted by Gasteiger charge is -2.34. The standard InChI is InChI=1S/C20H38N4O6/c1-20(2,3)4-5-21-6-8-22(14-17(25)26)10-12-24(16-19(29)30)13-11-23(9-7-21)15-18(27)28/h4-16H2,1-3H3,(H,25,26)(H,27,28)(H,29,30). The SMILES string of the molecule is CC(C)(C)CCN1CCN(CC(=O)O)CCN(CC(=O)O)CCN(CC(=O)O)CC1. The number of carbonyl (C=O) groups is 3. The molecule has 0 amide bonds. The zero-order valence-electron chi connectivity index (χ0n) is 18.5. The minimum Gasteiger partial charge on any atom is -0.480 e. The van der Waals surface area contributed by atoms with E-state index in [4.69, 9.17) is 0 Å². The van der Waals surface area contributed by atoms with Gasteiger partial charge in [0.1, 0.15) is 0 Å². The summed E-state index contributed by atoms with van der Waals surface area (Å²) < 4.78 is 0. The first-order valence-electron chi connectivity index (χ1n) is 10.5. The van der Waals surface area contributed by atoms with Gasteiger partial charge in [-0.1, -0.05) is 20.8 Å². The zero-order chi connectivity index (χ0) is 22.7. The first kappa shape index (κ1) is 26.3. The summed E-state index contributed by atoms with van der Waals surface area (Å²) in [6.45, 7) is 11.3. The predicted octanol–water partition coefficient (Wildman–Crippen LogP) is -0.102. The number of hydrogen-bond acceptors (Lipinski definition) is 7. The highest BCUT2D eigenvalue weighted by molar-refractivity contribution is 5.69. The smallest absolute Gasteiger partial charge is 0.317 e. The van der Waals surface area contributed by atoms with Crippen molar-refractivity contribution in [1.82, 2.24) is 19.6 Å². The molecule has 0 bridgehead atoms. The normalized spacial score (nSPS) is 19.7. The van der Waals surface area contributed by atoms with E-state index in [1.54, 1.807) is 4.90 Å². The second kappa shape index (κ2) is 12.8. The highest BCUT2D eigenvalue weighted by Crippen LogP contribution is 2.18. The van der Waals surface area contributed by atoms with Gasteiger partial charge in [0.2, 0.25) is 0 Å². The summed E-state index contributed by atoms with van der Waals surface area (Å²) in [5.74, 6) is -2.76. The molecular weight excluding hydrogens is 392 g/mol. The average Bonchev–Trinajstić information content (AvgIpc) is 2.59. The number of rotatable bonds is 8. The van der Waals surface area contributed by atoms with Crippen molar-refractivity contribution in [3.05, 3.63) is 0 Å². The van der Waals surface area contributed by atoms with Crippen molar-refractivity contribution >= 4 is 17.9 Å². The lowest BCUT2D eigenvalue weighted by molar-refractivity contribution is -0.140. The molecule has 0 spiro atoms. The first-order chi connectivity index (χ1) is 13.9. The quantitative estimate of drug-likeness (QED) is 0.481. The molecule has 3 N–H and O–H groups in total. The summed E-state index contributed by atoms with van der Waals surface area (Å²) in [5, 5.41) is 27.6. The summed E-state index contributed by atoms with van der Waals surface area (Å²) in [6.07, 6.45) is 0.983. The van der Waals surface area contributed by atoms with E-state index >= 15 is 0 Å². The Morgan fingerprint density at radius 2 is 0.867 bits per heavy atom. The van der Waals surface area contributed by atoms with Crippen LogP contribution >= 0.6 is 0 Å². The molecule has 0 unspecified atom stereocenters. The molecule has 174 valence electrons. The van der Waals surface area contributed by atoms with Crippen molar-refractivity contribution in [2.24, 2.45) is 5.41 Å². The minimum atomic E-state index is -0.954. The van der Waals surface area contributed by atoms with Crippen LogP contribution in [0, 0.1) is 5.41 Å². The van der Waals surface area contributed by atoms with Crippen LogP contribution in [0.15, 0.2) is 0 Å². The Kier molecular flexibility index (Phi) is 11.2. The second-order valence-electron chi connectivity index (χ2n) is 9.16. The molecule has 30 heavy (non-hydrogen) atoms. The van der Waals surface area contributed by atoms with Crippen LogP contribution in [0.25, 0.3) is 0 Å². The van der Waals surface area contributed by atoms with Gasteiger partial charge in [-0.15, -0.1) is 0 Å². The fraction of sp³-hybridized carbons (Fsp3) is 0.850. The van der Waals surface area contributed by atoms with Crippen LogP contribution in [0.4, 0.5) is 0 Å². The van der Waals surface area contributed by atoms with Gasteiger partial charge >= 0.3 is 17.9 Å². The third-order valence-electron chi connectivity index (χ3n) is 5.18. The van der Waals surface area contributed by atoms with Crippen LogP contribution < -0.4 is 0 Å². The minimum absolute atomic E-state index is 0.0842. The van der Waals surface area contributed by atoms with Gasteiger partial charge in [0.15, 0.2) is 0 Å². The molecule has 1 aliphatic rings. The predicted molar refractivity (Wildman–Crippen MR) is 113 cm³/mol. The molecule has 0 atom stereocenters. The van der Waals surface area contributed by atoms with Gasteiger partial charge in [0.05, 0.1) is 19.6 Å². The van der Waals surface area contributed by atoms with Gasteiger partial charge in [-0.3, -0.25) is 29.1 Å². The van der Waals surface area contributed by atoms with Crippen molar-refractivity contribution in [2.45, 2.75) is 27.2 Å². The fourth-order valence-electron chi connectivity index (χ4n) is 3.34. The molecule has 0 aromatic rings. The lowest BCUT2D eigenvalue weighted by Crippen LogP contribution is -2.48. The maximum atomic E-state index is 11.3. The van der Waals surface area contributed by atoms with Crippen LogP contribution in [0.5, 0.6) is 0 Å². The fourth-order valence-corrected chi connectivity index (χ4v) is 3.34. The molecule has 1 saturated heterocycles. The molecule has 0 aromatic carbocycles. The van der Waals surface area contributed by atoms with Gasteiger partial charge in [-0.05, 0) is 18.4 Å². The van der Waals surface area contributed by atoms with Crippen molar-refractivity contribution < 1.29 is 29.7 Å². The summed E-state index contributed by atoms with van der Waals surface area (Å²) in [4.78, 5) is 41.4. The number of carboxylic acids is 3. The van der Waals surface area contributed by atoms with Gasteiger partial charge in [0.25, 0.3) is 0 Å². The van der Waals surface area contributed by atoms with Crippen LogP contribution in [-0.2, 0) is 14.4 Å². The largest absolute Gasteiger partial charge is 0.480 e. The Bertz CT molecular complexity index is 534. The van der Waals surface area contributed by atoms with E-state index in [1.807, 2.05) is 9.80 Å². The van der Waals surface area contributed by atoms with Crippen LogP contribution in [0.2, 0.25) is 0 Å². The topological polar surface area (TPSA) is 125 Å². The molecule has 1 aliphatic heterocycles. The zero-order valence-corrected chi connectivity index (χ0v) is 18.5. The molecular formula is C20H38N4O6. The van der Waals surface area contributed by atoms with E-state index in [1.165, 1.54) is 0 Å². The van der Waals surface area contributed by atoms with Crippen LogP contribution in [0.1, 0.15) is 27.2 Å². The van der Waals surface area contributed by atoms with E-state index in [0.29, 0.717) is 52.4 Å². The number of aliphatic carboxylic acids is 3. The molecule has 0 saturated carbocycles. The first-order valence-corrected chi connectivity index (χ1v) is 10.5. The molecule has 1 heterocycles. The summed E-state index contributed by atoms with van der Waals surface area (Å²) >= 11 is 0. The highest BCUT2D eigenvalue weighted by atomic mass is 16.4. The summed E-state index contributed by atoms with van der Waals surface area (Å²) in [6, 6.07) is 0. The molecule has 10 nitrogen and oxygen atoms in total. The van der Waals surface area contributed by atoms with Gasteiger partial charge < -0.3 is 20.2 Å². The Morgan fingerprint density at radius 3 is 1.10 bits per heavy atom. The van der Waals surface area contributed by atoms with Gasteiger partial charge in [0, 0.05) is 52.4 Å². The Morgan fingerprint density at radius 1 is 0.600 bits per heavy atom. The second-order valence-corrected chi connectivity index (χ2v) is 9.16.